The minimum absolute atomic E-state index is 0.0537. The molecule has 1 atom stereocenters. The fourth-order valence-corrected chi connectivity index (χ4v) is 6.79. The molecule has 1 aliphatic rings. The number of likely N-dealkylation sites (N-methyl/N-ethyl adjacent to an activating group) is 1. The Morgan fingerprint density at radius 3 is 2.47 bits per heavy atom. The monoisotopic (exact) mass is 528 g/mol. The van der Waals surface area contributed by atoms with Crippen LogP contribution in [0.5, 0.6) is 0 Å². The third-order valence-electron chi connectivity index (χ3n) is 6.61. The van der Waals surface area contributed by atoms with Crippen molar-refractivity contribution < 1.29 is 22.7 Å². The summed E-state index contributed by atoms with van der Waals surface area (Å²) in [6.45, 7) is 2.55. The van der Waals surface area contributed by atoms with Gasteiger partial charge in [0.15, 0.2) is 0 Å². The Hall–Kier alpha value is -2.88. The summed E-state index contributed by atoms with van der Waals surface area (Å²) in [4.78, 5) is 14.3. The summed E-state index contributed by atoms with van der Waals surface area (Å²) in [5, 5.41) is 9.42. The van der Waals surface area contributed by atoms with Gasteiger partial charge in [-0.1, -0.05) is 50.1 Å². The molecule has 0 spiro atoms. The predicted octanol–water partition coefficient (Wildman–Crippen LogP) is 6.24. The number of fused-ring (bicyclic) bond motifs is 1. The number of carbonyl (C=O) groups is 1. The number of hydrogen-bond acceptors (Lipinski definition) is 5. The summed E-state index contributed by atoms with van der Waals surface area (Å²) >= 11 is 1.36. The van der Waals surface area contributed by atoms with Crippen molar-refractivity contribution in [3.63, 3.8) is 0 Å². The number of para-hydroxylation sites is 1. The Bertz CT molecular complexity index is 1380. The van der Waals surface area contributed by atoms with Crippen molar-refractivity contribution in [1.29, 1.82) is 0 Å². The van der Waals surface area contributed by atoms with Gasteiger partial charge >= 0.3 is 5.97 Å². The number of benzene rings is 3. The van der Waals surface area contributed by atoms with Crippen LogP contribution in [0.1, 0.15) is 36.5 Å². The van der Waals surface area contributed by atoms with Crippen molar-refractivity contribution in [2.45, 2.75) is 42.0 Å². The highest BCUT2D eigenvalue weighted by Crippen LogP contribution is 2.44. The zero-order chi connectivity index (χ0) is 26.0. The first-order chi connectivity index (χ1) is 17.2. The number of carboxylic acid groups (broad SMARTS) is 1. The van der Waals surface area contributed by atoms with Gasteiger partial charge in [0.2, 0.25) is 10.0 Å². The van der Waals surface area contributed by atoms with Gasteiger partial charge in [-0.2, -0.15) is 4.31 Å². The second-order valence-corrected chi connectivity index (χ2v) is 11.6. The van der Waals surface area contributed by atoms with Crippen LogP contribution in [0, 0.1) is 5.82 Å². The number of carboxylic acids is 1. The molecular weight excluding hydrogens is 499 g/mol. The maximum Gasteiger partial charge on any atom is 0.338 e. The molecule has 0 aromatic heterocycles. The predicted molar refractivity (Wildman–Crippen MR) is 142 cm³/mol. The molecule has 1 N–H and O–H groups in total. The van der Waals surface area contributed by atoms with E-state index >= 15 is 4.39 Å². The molecule has 6 nitrogen and oxygen atoms in total. The molecule has 0 saturated heterocycles. The molecule has 9 heteroatoms. The minimum Gasteiger partial charge on any atom is -0.478 e. The van der Waals surface area contributed by atoms with Gasteiger partial charge in [-0.15, -0.1) is 11.8 Å². The van der Waals surface area contributed by atoms with Crippen molar-refractivity contribution in [2.24, 2.45) is 0 Å². The Labute approximate surface area is 215 Å². The highest BCUT2D eigenvalue weighted by atomic mass is 32.2. The van der Waals surface area contributed by atoms with Crippen LogP contribution in [0.3, 0.4) is 0 Å². The molecular formula is C27H29FN2O4S2. The first kappa shape index (κ1) is 26.2. The fraction of sp³-hybridized carbons (Fsp3) is 0.296. The van der Waals surface area contributed by atoms with Gasteiger partial charge in [-0.05, 0) is 48.6 Å². The Balaban J connectivity index is 2.00. The number of halogens is 1. The molecule has 190 valence electrons. The number of hydrogen-bond donors (Lipinski definition) is 1. The molecule has 4 rings (SSSR count). The van der Waals surface area contributed by atoms with E-state index in [0.29, 0.717) is 29.1 Å². The van der Waals surface area contributed by atoms with E-state index in [1.54, 1.807) is 13.1 Å². The van der Waals surface area contributed by atoms with Crippen LogP contribution >= 0.6 is 11.8 Å². The van der Waals surface area contributed by atoms with Crippen LogP contribution < -0.4 is 4.90 Å². The third-order valence-corrected chi connectivity index (χ3v) is 9.33. The molecule has 0 saturated carbocycles. The van der Waals surface area contributed by atoms with E-state index in [-0.39, 0.29) is 16.5 Å². The molecule has 3 aromatic rings. The smallest absolute Gasteiger partial charge is 0.338 e. The number of unbranched alkanes of at least 4 members (excludes halogenated alkanes) is 1. The number of rotatable bonds is 7. The van der Waals surface area contributed by atoms with E-state index in [4.69, 9.17) is 0 Å². The highest BCUT2D eigenvalue weighted by Gasteiger charge is 2.37. The van der Waals surface area contributed by atoms with Crippen LogP contribution in [0.2, 0.25) is 0 Å². The molecule has 1 heterocycles. The van der Waals surface area contributed by atoms with Gasteiger partial charge in [-0.25, -0.2) is 17.6 Å². The average molecular weight is 529 g/mol. The van der Waals surface area contributed by atoms with Crippen LogP contribution in [0.15, 0.2) is 70.5 Å². The van der Waals surface area contributed by atoms with Gasteiger partial charge in [0.25, 0.3) is 0 Å². The molecule has 0 fully saturated rings. The molecule has 36 heavy (non-hydrogen) atoms. The van der Waals surface area contributed by atoms with Crippen molar-refractivity contribution in [3.05, 3.63) is 72.0 Å². The second kappa shape index (κ2) is 10.6. The Morgan fingerprint density at radius 2 is 1.83 bits per heavy atom. The first-order valence-corrected chi connectivity index (χ1v) is 14.4. The van der Waals surface area contributed by atoms with E-state index in [9.17, 15) is 18.3 Å². The molecule has 1 aliphatic heterocycles. The summed E-state index contributed by atoms with van der Waals surface area (Å²) in [6.07, 6.45) is 4.38. The molecule has 1 unspecified atom stereocenters. The Kier molecular flexibility index (Phi) is 7.73. The van der Waals surface area contributed by atoms with Gasteiger partial charge in [0.05, 0.1) is 11.3 Å². The van der Waals surface area contributed by atoms with E-state index < -0.39 is 27.4 Å². The SMILES string of the molecule is CCCCC1CN(c2ccccc2)c2cc(SC)c(-c3cccc(C(=O)O)c3F)cc2S(=O)(=O)N1C. The van der Waals surface area contributed by atoms with Crippen molar-refractivity contribution in [2.75, 3.05) is 24.7 Å². The molecule has 0 aliphatic carbocycles. The normalized spacial score (nSPS) is 17.4. The van der Waals surface area contributed by atoms with E-state index in [2.05, 4.69) is 6.92 Å². The molecule has 3 aromatic carbocycles. The van der Waals surface area contributed by atoms with E-state index in [1.165, 1.54) is 40.3 Å². The van der Waals surface area contributed by atoms with Crippen molar-refractivity contribution in [3.8, 4) is 11.1 Å². The summed E-state index contributed by atoms with van der Waals surface area (Å²) < 4.78 is 44.6. The fourth-order valence-electron chi connectivity index (χ4n) is 4.59. The van der Waals surface area contributed by atoms with Gasteiger partial charge in [0.1, 0.15) is 10.7 Å². The van der Waals surface area contributed by atoms with Crippen molar-refractivity contribution in [1.82, 2.24) is 4.31 Å². The molecule has 0 radical (unpaired) electrons. The lowest BCUT2D eigenvalue weighted by molar-refractivity contribution is 0.0692. The maximum absolute atomic E-state index is 15.3. The molecule has 0 bridgehead atoms. The standard InChI is InChI=1S/C27H29FN2O4S2/c1-4-5-10-19-17-30(18-11-7-6-8-12-18)23-16-24(35-3)22(15-25(23)36(33,34)29(19)2)20-13-9-14-21(26(20)28)27(31)32/h6-9,11-16,19H,4-5,10,17H2,1-3H3,(H,31,32). The third kappa shape index (κ3) is 4.75. The summed E-state index contributed by atoms with van der Waals surface area (Å²) in [7, 11) is -2.33. The topological polar surface area (TPSA) is 77.9 Å². The van der Waals surface area contributed by atoms with Crippen LogP contribution in [-0.4, -0.2) is 49.7 Å². The largest absolute Gasteiger partial charge is 0.478 e. The van der Waals surface area contributed by atoms with Gasteiger partial charge in [0, 0.05) is 35.8 Å². The first-order valence-electron chi connectivity index (χ1n) is 11.8. The lowest BCUT2D eigenvalue weighted by Crippen LogP contribution is -2.40. The summed E-state index contributed by atoms with van der Waals surface area (Å²) in [5.41, 5.74) is 1.33. The molecule has 0 amide bonds. The number of nitrogens with zero attached hydrogens (tertiary/aromatic N) is 2. The zero-order valence-electron chi connectivity index (χ0n) is 20.4. The van der Waals surface area contributed by atoms with E-state index in [0.717, 1.165) is 18.5 Å². The number of sulfonamides is 1. The van der Waals surface area contributed by atoms with Crippen LogP contribution in [-0.2, 0) is 10.0 Å². The Morgan fingerprint density at radius 1 is 1.11 bits per heavy atom. The lowest BCUT2D eigenvalue weighted by Gasteiger charge is -2.29. The summed E-state index contributed by atoms with van der Waals surface area (Å²) in [5.74, 6) is -2.27. The second-order valence-electron chi connectivity index (χ2n) is 8.76. The highest BCUT2D eigenvalue weighted by molar-refractivity contribution is 7.98. The van der Waals surface area contributed by atoms with Gasteiger partial charge < -0.3 is 10.0 Å². The quantitative estimate of drug-likeness (QED) is 0.366. The summed E-state index contributed by atoms with van der Waals surface area (Å²) in [6, 6.07) is 16.8. The zero-order valence-corrected chi connectivity index (χ0v) is 22.1. The van der Waals surface area contributed by atoms with Crippen LogP contribution in [0.25, 0.3) is 11.1 Å². The van der Waals surface area contributed by atoms with E-state index in [1.807, 2.05) is 41.5 Å². The number of anilines is 2. The maximum atomic E-state index is 15.3. The van der Waals surface area contributed by atoms with Gasteiger partial charge in [-0.3, -0.25) is 0 Å². The van der Waals surface area contributed by atoms with Crippen molar-refractivity contribution >= 4 is 39.1 Å². The number of thioether (sulfide) groups is 1. The van der Waals surface area contributed by atoms with Crippen LogP contribution in [0.4, 0.5) is 15.8 Å². The minimum atomic E-state index is -3.93. The average Bonchev–Trinajstić information content (AvgIpc) is 2.95. The number of aromatic carboxylic acids is 1. The lowest BCUT2D eigenvalue weighted by atomic mass is 10.0.